The SMILES string of the molecule is Cc1nc(CCCC(F)(F)F)n(CC(=O)NC2(C#N)CC2)c(=O)c1F. The number of halogens is 4. The zero-order valence-corrected chi connectivity index (χ0v) is 13.4. The van der Waals surface area contributed by atoms with E-state index in [1.165, 1.54) is 6.92 Å². The van der Waals surface area contributed by atoms with Gasteiger partial charge in [0.1, 0.15) is 17.9 Å². The van der Waals surface area contributed by atoms with Crippen molar-refractivity contribution >= 4 is 5.91 Å². The highest BCUT2D eigenvalue weighted by molar-refractivity contribution is 5.77. The lowest BCUT2D eigenvalue weighted by Gasteiger charge is -2.15. The molecule has 1 heterocycles. The van der Waals surface area contributed by atoms with Crippen LogP contribution in [0.2, 0.25) is 0 Å². The summed E-state index contributed by atoms with van der Waals surface area (Å²) >= 11 is 0. The average molecular weight is 360 g/mol. The molecule has 0 atom stereocenters. The summed E-state index contributed by atoms with van der Waals surface area (Å²) in [5.74, 6) is -1.94. The number of carbonyl (C=O) groups excluding carboxylic acids is 1. The van der Waals surface area contributed by atoms with Crippen LogP contribution in [0.3, 0.4) is 0 Å². The van der Waals surface area contributed by atoms with E-state index in [-0.39, 0.29) is 24.4 Å². The maximum Gasteiger partial charge on any atom is 0.389 e. The number of amides is 1. The number of rotatable bonds is 6. The molecule has 0 spiro atoms. The molecule has 1 aromatic rings. The van der Waals surface area contributed by atoms with Crippen molar-refractivity contribution in [2.75, 3.05) is 0 Å². The van der Waals surface area contributed by atoms with Gasteiger partial charge in [0.25, 0.3) is 5.56 Å². The molecule has 0 unspecified atom stereocenters. The van der Waals surface area contributed by atoms with Gasteiger partial charge in [-0.05, 0) is 26.2 Å². The fraction of sp³-hybridized carbons (Fsp3) is 0.600. The first kappa shape index (κ1) is 18.9. The molecular formula is C15H16F4N4O2. The van der Waals surface area contributed by atoms with Crippen molar-refractivity contribution in [2.45, 2.75) is 57.3 Å². The number of alkyl halides is 3. The number of nitrogens with one attached hydrogen (secondary N) is 1. The van der Waals surface area contributed by atoms with Gasteiger partial charge in [-0.1, -0.05) is 0 Å². The van der Waals surface area contributed by atoms with Gasteiger partial charge < -0.3 is 5.32 Å². The highest BCUT2D eigenvalue weighted by atomic mass is 19.4. The summed E-state index contributed by atoms with van der Waals surface area (Å²) in [6.45, 7) is 0.622. The Morgan fingerprint density at radius 3 is 2.60 bits per heavy atom. The molecule has 1 aliphatic rings. The Balaban J connectivity index is 2.19. The zero-order valence-electron chi connectivity index (χ0n) is 13.4. The van der Waals surface area contributed by atoms with Crippen molar-refractivity contribution in [1.29, 1.82) is 5.26 Å². The van der Waals surface area contributed by atoms with Crippen LogP contribution in [0, 0.1) is 24.1 Å². The van der Waals surface area contributed by atoms with Crippen molar-refractivity contribution in [1.82, 2.24) is 14.9 Å². The number of hydrogen-bond donors (Lipinski definition) is 1. The Bertz CT molecular complexity index is 775. The van der Waals surface area contributed by atoms with Crippen LogP contribution in [0.25, 0.3) is 0 Å². The number of nitriles is 1. The fourth-order valence-electron chi connectivity index (χ4n) is 2.33. The second-order valence-electron chi connectivity index (χ2n) is 6.03. The third-order valence-corrected chi connectivity index (χ3v) is 3.86. The van der Waals surface area contributed by atoms with Gasteiger partial charge in [0.2, 0.25) is 11.7 Å². The molecule has 10 heteroatoms. The summed E-state index contributed by atoms with van der Waals surface area (Å²) in [4.78, 5) is 27.9. The van der Waals surface area contributed by atoms with Gasteiger partial charge in [-0.25, -0.2) is 4.98 Å². The minimum absolute atomic E-state index is 0.0925. The predicted molar refractivity (Wildman–Crippen MR) is 77.9 cm³/mol. The van der Waals surface area contributed by atoms with Crippen LogP contribution in [0.1, 0.15) is 37.2 Å². The number of nitrogens with zero attached hydrogens (tertiary/aromatic N) is 3. The van der Waals surface area contributed by atoms with E-state index >= 15 is 0 Å². The fourth-order valence-corrected chi connectivity index (χ4v) is 2.33. The van der Waals surface area contributed by atoms with E-state index in [1.807, 2.05) is 6.07 Å². The first-order valence-electron chi connectivity index (χ1n) is 7.62. The molecule has 136 valence electrons. The third kappa shape index (κ3) is 4.78. The van der Waals surface area contributed by atoms with E-state index in [1.54, 1.807) is 0 Å². The molecular weight excluding hydrogens is 344 g/mol. The van der Waals surface area contributed by atoms with E-state index in [2.05, 4.69) is 10.3 Å². The minimum Gasteiger partial charge on any atom is -0.336 e. The zero-order chi connectivity index (χ0) is 18.8. The van der Waals surface area contributed by atoms with Crippen molar-refractivity contribution < 1.29 is 22.4 Å². The van der Waals surface area contributed by atoms with Crippen LogP contribution in [0.15, 0.2) is 4.79 Å². The van der Waals surface area contributed by atoms with Crippen LogP contribution < -0.4 is 10.9 Å². The quantitative estimate of drug-likeness (QED) is 0.783. The molecule has 0 saturated heterocycles. The van der Waals surface area contributed by atoms with Crippen LogP contribution >= 0.6 is 0 Å². The van der Waals surface area contributed by atoms with Gasteiger partial charge in [0.15, 0.2) is 0 Å². The molecule has 0 aliphatic heterocycles. The molecule has 1 amide bonds. The highest BCUT2D eigenvalue weighted by Gasteiger charge is 2.44. The predicted octanol–water partition coefficient (Wildman–Crippen LogP) is 1.75. The van der Waals surface area contributed by atoms with Crippen LogP contribution in [0.4, 0.5) is 17.6 Å². The normalized spacial score (nSPS) is 15.5. The Labute approximate surface area is 140 Å². The summed E-state index contributed by atoms with van der Waals surface area (Å²) in [6, 6.07) is 1.94. The molecule has 1 fully saturated rings. The van der Waals surface area contributed by atoms with Gasteiger partial charge in [-0.15, -0.1) is 0 Å². The summed E-state index contributed by atoms with van der Waals surface area (Å²) < 4.78 is 51.4. The summed E-state index contributed by atoms with van der Waals surface area (Å²) in [7, 11) is 0. The molecule has 0 radical (unpaired) electrons. The second kappa shape index (κ2) is 6.82. The smallest absolute Gasteiger partial charge is 0.336 e. The van der Waals surface area contributed by atoms with Crippen LogP contribution in [-0.4, -0.2) is 27.2 Å². The lowest BCUT2D eigenvalue weighted by atomic mass is 10.2. The minimum atomic E-state index is -4.36. The van der Waals surface area contributed by atoms with Crippen molar-refractivity contribution in [3.63, 3.8) is 0 Å². The second-order valence-corrected chi connectivity index (χ2v) is 6.03. The Hall–Kier alpha value is -2.44. The lowest BCUT2D eigenvalue weighted by molar-refractivity contribution is -0.135. The highest BCUT2D eigenvalue weighted by Crippen LogP contribution is 2.34. The van der Waals surface area contributed by atoms with Crippen LogP contribution in [0.5, 0.6) is 0 Å². The topological polar surface area (TPSA) is 87.8 Å². The largest absolute Gasteiger partial charge is 0.389 e. The van der Waals surface area contributed by atoms with Crippen LogP contribution in [-0.2, 0) is 17.8 Å². The molecule has 1 saturated carbocycles. The standard InChI is InChI=1S/C15H16F4N4O2/c1-9-12(16)13(25)23(7-11(24)22-14(8-20)5-6-14)10(21-9)3-2-4-15(17,18)19/h2-7H2,1H3,(H,22,24). The lowest BCUT2D eigenvalue weighted by Crippen LogP contribution is -2.41. The molecule has 0 bridgehead atoms. The molecule has 2 rings (SSSR count). The summed E-state index contributed by atoms with van der Waals surface area (Å²) in [5, 5.41) is 11.4. The van der Waals surface area contributed by atoms with E-state index in [4.69, 9.17) is 5.26 Å². The number of aryl methyl sites for hydroxylation is 2. The summed E-state index contributed by atoms with van der Waals surface area (Å²) in [6.07, 6.45) is -5.06. The Morgan fingerprint density at radius 1 is 1.44 bits per heavy atom. The van der Waals surface area contributed by atoms with Gasteiger partial charge in [-0.2, -0.15) is 22.8 Å². The van der Waals surface area contributed by atoms with E-state index in [0.717, 1.165) is 4.57 Å². The molecule has 1 N–H and O–H groups in total. The number of aromatic nitrogens is 2. The van der Waals surface area contributed by atoms with E-state index in [0.29, 0.717) is 12.8 Å². The maximum atomic E-state index is 13.8. The van der Waals surface area contributed by atoms with E-state index < -0.39 is 42.0 Å². The van der Waals surface area contributed by atoms with Crippen molar-refractivity contribution in [2.24, 2.45) is 0 Å². The Morgan fingerprint density at radius 2 is 2.08 bits per heavy atom. The monoisotopic (exact) mass is 360 g/mol. The maximum absolute atomic E-state index is 13.8. The third-order valence-electron chi connectivity index (χ3n) is 3.86. The van der Waals surface area contributed by atoms with Gasteiger partial charge in [0, 0.05) is 12.8 Å². The molecule has 1 aromatic heterocycles. The molecule has 6 nitrogen and oxygen atoms in total. The number of carbonyl (C=O) groups is 1. The van der Waals surface area contributed by atoms with Gasteiger partial charge >= 0.3 is 6.18 Å². The van der Waals surface area contributed by atoms with Crippen molar-refractivity contribution in [3.05, 3.63) is 27.7 Å². The summed E-state index contributed by atoms with van der Waals surface area (Å²) in [5.41, 5.74) is -2.32. The van der Waals surface area contributed by atoms with Gasteiger partial charge in [-0.3, -0.25) is 14.2 Å². The van der Waals surface area contributed by atoms with Gasteiger partial charge in [0.05, 0.1) is 11.8 Å². The first-order valence-corrected chi connectivity index (χ1v) is 7.62. The Kier molecular flexibility index (Phi) is 5.15. The average Bonchev–Trinajstić information content (AvgIpc) is 3.27. The first-order chi connectivity index (χ1) is 11.6. The number of hydrogen-bond acceptors (Lipinski definition) is 4. The molecule has 1 aliphatic carbocycles. The molecule has 0 aromatic carbocycles. The van der Waals surface area contributed by atoms with Crippen molar-refractivity contribution in [3.8, 4) is 6.07 Å². The van der Waals surface area contributed by atoms with E-state index in [9.17, 15) is 27.2 Å². The molecule has 25 heavy (non-hydrogen) atoms.